The minimum absolute atomic E-state index is 0.0372. The van der Waals surface area contributed by atoms with E-state index >= 15 is 0 Å². The first-order valence-corrected chi connectivity index (χ1v) is 13.8. The summed E-state index contributed by atoms with van der Waals surface area (Å²) < 4.78 is 31.0. The number of carboxylic acid groups (broad SMARTS) is 1. The van der Waals surface area contributed by atoms with E-state index in [-0.39, 0.29) is 24.1 Å². The van der Waals surface area contributed by atoms with Gasteiger partial charge in [0.25, 0.3) is 5.92 Å². The lowest BCUT2D eigenvalue weighted by Crippen LogP contribution is -2.42. The number of hydrogen-bond donors (Lipinski definition) is 1. The molecule has 4 rings (SSSR count). The summed E-state index contributed by atoms with van der Waals surface area (Å²) in [6.45, 7) is 9.27. The summed E-state index contributed by atoms with van der Waals surface area (Å²) in [5, 5.41) is 14.5. The number of likely N-dealkylation sites (tertiary alicyclic amines) is 1. The molecule has 208 valence electrons. The molecule has 1 aliphatic heterocycles. The van der Waals surface area contributed by atoms with Crippen LogP contribution in [0, 0.1) is 11.8 Å². The molecule has 0 bridgehead atoms. The summed E-state index contributed by atoms with van der Waals surface area (Å²) in [6, 6.07) is 7.57. The molecule has 1 aromatic heterocycles. The molecule has 1 saturated heterocycles. The smallest absolute Gasteiger partial charge is 0.305 e. The van der Waals surface area contributed by atoms with Crippen LogP contribution in [0.5, 0.6) is 0 Å². The van der Waals surface area contributed by atoms with Gasteiger partial charge in [-0.2, -0.15) is 5.10 Å². The quantitative estimate of drug-likeness (QED) is 0.363. The maximum absolute atomic E-state index is 14.6. The van der Waals surface area contributed by atoms with Crippen LogP contribution < -0.4 is 4.90 Å². The van der Waals surface area contributed by atoms with E-state index in [2.05, 4.69) is 25.7 Å². The van der Waals surface area contributed by atoms with E-state index in [9.17, 15) is 23.5 Å². The highest BCUT2D eigenvalue weighted by molar-refractivity contribution is 5.79. The Balaban J connectivity index is 1.72. The van der Waals surface area contributed by atoms with Crippen LogP contribution in [0.25, 0.3) is 11.3 Å². The Bertz CT molecular complexity index is 1120. The molecule has 4 atom stereocenters. The number of nitrogens with zero attached hydrogens (tertiary/aromatic N) is 4. The fraction of sp³-hybridized carbons (Fsp3) is 0.621. The SMILES string of the molecule is CC1CN(C(C)C[C@@H](CC(=O)O)N(C=O)c2cc(-c3ccccc3C(C)(F)F)n(C3CCCC3)n2)CC1C. The van der Waals surface area contributed by atoms with Gasteiger partial charge < -0.3 is 10.0 Å². The highest BCUT2D eigenvalue weighted by atomic mass is 19.3. The van der Waals surface area contributed by atoms with Crippen molar-refractivity contribution >= 4 is 18.2 Å². The molecule has 2 aliphatic rings. The predicted molar refractivity (Wildman–Crippen MR) is 143 cm³/mol. The normalized spacial score (nSPS) is 22.5. The molecule has 2 aromatic rings. The predicted octanol–water partition coefficient (Wildman–Crippen LogP) is 5.95. The maximum Gasteiger partial charge on any atom is 0.305 e. The van der Waals surface area contributed by atoms with Crippen molar-refractivity contribution in [3.8, 4) is 11.3 Å². The molecule has 1 aromatic carbocycles. The second kappa shape index (κ2) is 11.5. The number of aromatic nitrogens is 2. The summed E-state index contributed by atoms with van der Waals surface area (Å²) in [4.78, 5) is 28.1. The molecule has 1 aliphatic carbocycles. The summed E-state index contributed by atoms with van der Waals surface area (Å²) in [5.41, 5.74) is 0.802. The zero-order valence-corrected chi connectivity index (χ0v) is 22.8. The Morgan fingerprint density at radius 1 is 1.21 bits per heavy atom. The fourth-order valence-electron chi connectivity index (χ4n) is 6.13. The van der Waals surface area contributed by atoms with Crippen LogP contribution in [0.15, 0.2) is 30.3 Å². The van der Waals surface area contributed by atoms with Gasteiger partial charge in [0.05, 0.1) is 24.2 Å². The third-order valence-electron chi connectivity index (χ3n) is 8.50. The van der Waals surface area contributed by atoms with Crippen molar-refractivity contribution in [2.75, 3.05) is 18.0 Å². The Labute approximate surface area is 223 Å². The zero-order chi connectivity index (χ0) is 27.6. The first kappa shape index (κ1) is 28.2. The number of carbonyl (C=O) groups excluding carboxylic acids is 1. The Morgan fingerprint density at radius 3 is 2.42 bits per heavy atom. The number of halogens is 2. The van der Waals surface area contributed by atoms with Crippen LogP contribution in [-0.2, 0) is 15.5 Å². The van der Waals surface area contributed by atoms with Crippen molar-refractivity contribution in [1.82, 2.24) is 14.7 Å². The van der Waals surface area contributed by atoms with E-state index in [1.165, 1.54) is 11.0 Å². The van der Waals surface area contributed by atoms with Crippen LogP contribution in [0.1, 0.15) is 77.8 Å². The lowest BCUT2D eigenvalue weighted by atomic mass is 9.99. The molecule has 3 unspecified atom stereocenters. The third kappa shape index (κ3) is 6.08. The molecule has 0 spiro atoms. The highest BCUT2D eigenvalue weighted by Crippen LogP contribution is 2.40. The standard InChI is InChI=1S/C29H40F2N4O3/c1-19-16-33(17-20(19)2)21(3)13-23(14-28(37)38)34(18-36)27-15-26(35(32-27)22-9-5-6-10-22)24-11-7-8-12-25(24)29(4,30)31/h7-8,11-12,15,18-23H,5-6,9-10,13-14,16-17H2,1-4H3,(H,37,38)/t19?,20?,21?,23-/m0/s1. The number of amides is 1. The Morgan fingerprint density at radius 2 is 1.84 bits per heavy atom. The van der Waals surface area contributed by atoms with Gasteiger partial charge >= 0.3 is 5.97 Å². The number of benzene rings is 1. The molecule has 1 saturated carbocycles. The van der Waals surface area contributed by atoms with Crippen molar-refractivity contribution in [3.05, 3.63) is 35.9 Å². The van der Waals surface area contributed by atoms with Crippen molar-refractivity contribution in [3.63, 3.8) is 0 Å². The van der Waals surface area contributed by atoms with Crippen LogP contribution in [0.2, 0.25) is 0 Å². The second-order valence-electron chi connectivity index (χ2n) is 11.5. The van der Waals surface area contributed by atoms with Crippen molar-refractivity contribution in [2.45, 2.75) is 90.3 Å². The topological polar surface area (TPSA) is 78.7 Å². The molecule has 1 N–H and O–H groups in total. The summed E-state index contributed by atoms with van der Waals surface area (Å²) in [5.74, 6) is -2.64. The zero-order valence-electron chi connectivity index (χ0n) is 22.8. The van der Waals surface area contributed by atoms with Crippen LogP contribution >= 0.6 is 0 Å². The minimum atomic E-state index is -3.06. The van der Waals surface area contributed by atoms with Gasteiger partial charge in [-0.15, -0.1) is 0 Å². The average Bonchev–Trinajstić information content (AvgIpc) is 3.59. The Kier molecular flexibility index (Phi) is 8.55. The van der Waals surface area contributed by atoms with Crippen molar-refractivity contribution in [1.29, 1.82) is 0 Å². The average molecular weight is 531 g/mol. The molecule has 0 radical (unpaired) electrons. The van der Waals surface area contributed by atoms with E-state index in [0.717, 1.165) is 45.7 Å². The van der Waals surface area contributed by atoms with Gasteiger partial charge in [-0.25, -0.2) is 8.78 Å². The number of alkyl halides is 2. The largest absolute Gasteiger partial charge is 0.481 e. The number of rotatable bonds is 11. The van der Waals surface area contributed by atoms with Crippen LogP contribution in [0.3, 0.4) is 0 Å². The number of anilines is 1. The number of hydrogen-bond acceptors (Lipinski definition) is 4. The number of carbonyl (C=O) groups is 2. The van der Waals surface area contributed by atoms with Gasteiger partial charge in [0.2, 0.25) is 6.41 Å². The first-order valence-electron chi connectivity index (χ1n) is 13.8. The first-order chi connectivity index (χ1) is 18.0. The number of carboxylic acids is 1. The van der Waals surface area contributed by atoms with E-state index < -0.39 is 17.9 Å². The Hall–Kier alpha value is -2.81. The van der Waals surface area contributed by atoms with Gasteiger partial charge in [-0.3, -0.25) is 19.2 Å². The molecule has 1 amide bonds. The monoisotopic (exact) mass is 530 g/mol. The summed E-state index contributed by atoms with van der Waals surface area (Å²) in [7, 11) is 0. The molecule has 7 nitrogen and oxygen atoms in total. The minimum Gasteiger partial charge on any atom is -0.481 e. The third-order valence-corrected chi connectivity index (χ3v) is 8.50. The molecular formula is C29H40F2N4O3. The van der Waals surface area contributed by atoms with E-state index in [1.807, 2.05) is 0 Å². The van der Waals surface area contributed by atoms with Crippen molar-refractivity contribution < 1.29 is 23.5 Å². The highest BCUT2D eigenvalue weighted by Gasteiger charge is 2.35. The van der Waals surface area contributed by atoms with E-state index in [4.69, 9.17) is 5.10 Å². The molecule has 38 heavy (non-hydrogen) atoms. The lowest BCUT2D eigenvalue weighted by molar-refractivity contribution is -0.137. The van der Waals surface area contributed by atoms with Gasteiger partial charge in [0.15, 0.2) is 5.82 Å². The van der Waals surface area contributed by atoms with Gasteiger partial charge in [0.1, 0.15) is 0 Å². The van der Waals surface area contributed by atoms with Gasteiger partial charge in [-0.05, 0) is 38.0 Å². The summed E-state index contributed by atoms with van der Waals surface area (Å²) in [6.07, 6.45) is 4.68. The molecular weight excluding hydrogens is 490 g/mol. The van der Waals surface area contributed by atoms with E-state index in [1.54, 1.807) is 28.9 Å². The molecule has 9 heteroatoms. The maximum atomic E-state index is 14.6. The van der Waals surface area contributed by atoms with Gasteiger partial charge in [-0.1, -0.05) is 51.0 Å². The van der Waals surface area contributed by atoms with E-state index in [0.29, 0.717) is 41.7 Å². The van der Waals surface area contributed by atoms with Crippen LogP contribution in [0.4, 0.5) is 14.6 Å². The van der Waals surface area contributed by atoms with Crippen LogP contribution in [-0.4, -0.2) is 57.3 Å². The molecule has 2 heterocycles. The second-order valence-corrected chi connectivity index (χ2v) is 11.5. The van der Waals surface area contributed by atoms with Crippen molar-refractivity contribution in [2.24, 2.45) is 11.8 Å². The fourth-order valence-corrected chi connectivity index (χ4v) is 6.13. The molecule has 2 fully saturated rings. The van der Waals surface area contributed by atoms with Gasteiger partial charge in [0, 0.05) is 43.2 Å². The summed E-state index contributed by atoms with van der Waals surface area (Å²) >= 11 is 0. The number of aliphatic carboxylic acids is 1. The lowest BCUT2D eigenvalue weighted by Gasteiger charge is -2.32.